The Hall–Kier alpha value is -1.10. The summed E-state index contributed by atoms with van der Waals surface area (Å²) in [6, 6.07) is 12.8. The van der Waals surface area contributed by atoms with Crippen LogP contribution in [0.3, 0.4) is 0 Å². The summed E-state index contributed by atoms with van der Waals surface area (Å²) >= 11 is 5.74. The molecule has 2 aromatic rings. The van der Waals surface area contributed by atoms with E-state index in [9.17, 15) is 8.42 Å². The lowest BCUT2D eigenvalue weighted by Crippen LogP contribution is -2.29. The Bertz CT molecular complexity index is 695. The Morgan fingerprint density at radius 3 is 2.57 bits per heavy atom. The summed E-state index contributed by atoms with van der Waals surface area (Å²) in [4.78, 5) is 0.335. The molecule has 0 spiro atoms. The van der Waals surface area contributed by atoms with Gasteiger partial charge in [-0.2, -0.15) is 0 Å². The zero-order valence-corrected chi connectivity index (χ0v) is 13.6. The van der Waals surface area contributed by atoms with Crippen molar-refractivity contribution in [1.29, 1.82) is 0 Å². The summed E-state index contributed by atoms with van der Waals surface area (Å²) in [6.07, 6.45) is 1.72. The number of benzene rings is 2. The Morgan fingerprint density at radius 1 is 1.14 bits per heavy atom. The van der Waals surface area contributed by atoms with Crippen molar-refractivity contribution in [3.63, 3.8) is 0 Å². The van der Waals surface area contributed by atoms with Crippen LogP contribution in [-0.2, 0) is 10.0 Å². The predicted molar refractivity (Wildman–Crippen MR) is 88.3 cm³/mol. The Balaban J connectivity index is 2.26. The van der Waals surface area contributed by atoms with Crippen LogP contribution in [0.4, 0.5) is 0 Å². The Kier molecular flexibility index (Phi) is 5.62. The molecule has 1 atom stereocenters. The SMILES string of the molecule is CCC(CCCl)CNS(=O)(=O)c1cccc2ccccc12. The lowest BCUT2D eigenvalue weighted by atomic mass is 10.0. The van der Waals surface area contributed by atoms with Crippen molar-refractivity contribution in [3.8, 4) is 0 Å². The molecule has 1 N–H and O–H groups in total. The second-order valence-electron chi connectivity index (χ2n) is 5.08. The predicted octanol–water partition coefficient (Wildman–Crippen LogP) is 3.77. The van der Waals surface area contributed by atoms with Gasteiger partial charge < -0.3 is 0 Å². The lowest BCUT2D eigenvalue weighted by Gasteiger charge is -2.15. The minimum Gasteiger partial charge on any atom is -0.211 e. The molecule has 0 aliphatic rings. The van der Waals surface area contributed by atoms with Gasteiger partial charge >= 0.3 is 0 Å². The second-order valence-corrected chi connectivity index (χ2v) is 7.19. The molecule has 3 nitrogen and oxygen atoms in total. The molecular formula is C16H20ClNO2S. The highest BCUT2D eigenvalue weighted by Gasteiger charge is 2.18. The third-order valence-electron chi connectivity index (χ3n) is 3.70. The maximum atomic E-state index is 12.5. The van der Waals surface area contributed by atoms with Crippen LogP contribution in [0.15, 0.2) is 47.4 Å². The van der Waals surface area contributed by atoms with E-state index < -0.39 is 10.0 Å². The number of hydrogen-bond donors (Lipinski definition) is 1. The van der Waals surface area contributed by atoms with Crippen LogP contribution in [0.5, 0.6) is 0 Å². The smallest absolute Gasteiger partial charge is 0.211 e. The average molecular weight is 326 g/mol. The molecule has 2 rings (SSSR count). The summed E-state index contributed by atoms with van der Waals surface area (Å²) in [5.41, 5.74) is 0. The van der Waals surface area contributed by atoms with Gasteiger partial charge in [0, 0.05) is 17.8 Å². The normalized spacial score (nSPS) is 13.4. The minimum atomic E-state index is -3.50. The number of alkyl halides is 1. The van der Waals surface area contributed by atoms with E-state index in [2.05, 4.69) is 4.72 Å². The molecule has 0 amide bonds. The van der Waals surface area contributed by atoms with Gasteiger partial charge in [-0.1, -0.05) is 49.7 Å². The molecule has 0 radical (unpaired) electrons. The average Bonchev–Trinajstić information content (AvgIpc) is 2.50. The molecule has 21 heavy (non-hydrogen) atoms. The summed E-state index contributed by atoms with van der Waals surface area (Å²) in [7, 11) is -3.50. The highest BCUT2D eigenvalue weighted by Crippen LogP contribution is 2.22. The van der Waals surface area contributed by atoms with Crippen LogP contribution >= 0.6 is 11.6 Å². The first-order valence-corrected chi connectivity index (χ1v) is 9.13. The fourth-order valence-corrected chi connectivity index (χ4v) is 3.99. The van der Waals surface area contributed by atoms with Gasteiger partial charge in [-0.15, -0.1) is 11.6 Å². The van der Waals surface area contributed by atoms with Crippen molar-refractivity contribution in [3.05, 3.63) is 42.5 Å². The second kappa shape index (κ2) is 7.25. The van der Waals surface area contributed by atoms with Crippen LogP contribution in [0.25, 0.3) is 10.8 Å². The van der Waals surface area contributed by atoms with E-state index in [1.165, 1.54) is 0 Å². The van der Waals surface area contributed by atoms with Crippen molar-refractivity contribution in [1.82, 2.24) is 4.72 Å². The maximum Gasteiger partial charge on any atom is 0.241 e. The maximum absolute atomic E-state index is 12.5. The van der Waals surface area contributed by atoms with E-state index in [1.54, 1.807) is 12.1 Å². The van der Waals surface area contributed by atoms with Gasteiger partial charge in [-0.3, -0.25) is 0 Å². The molecule has 0 saturated carbocycles. The summed E-state index contributed by atoms with van der Waals surface area (Å²) in [5.74, 6) is 0.821. The van der Waals surface area contributed by atoms with E-state index in [-0.39, 0.29) is 5.92 Å². The largest absolute Gasteiger partial charge is 0.241 e. The van der Waals surface area contributed by atoms with Gasteiger partial charge in [-0.05, 0) is 23.8 Å². The topological polar surface area (TPSA) is 46.2 Å². The van der Waals surface area contributed by atoms with Crippen LogP contribution < -0.4 is 4.72 Å². The number of halogens is 1. The molecule has 0 bridgehead atoms. The van der Waals surface area contributed by atoms with Crippen LogP contribution in [0.2, 0.25) is 0 Å². The Morgan fingerprint density at radius 2 is 1.86 bits per heavy atom. The molecule has 0 aliphatic carbocycles. The third kappa shape index (κ3) is 3.96. The lowest BCUT2D eigenvalue weighted by molar-refractivity contribution is 0.481. The van der Waals surface area contributed by atoms with Gasteiger partial charge in [0.25, 0.3) is 0 Å². The fourth-order valence-electron chi connectivity index (χ4n) is 2.34. The number of sulfonamides is 1. The van der Waals surface area contributed by atoms with Crippen molar-refractivity contribution in [2.24, 2.45) is 5.92 Å². The number of nitrogens with one attached hydrogen (secondary N) is 1. The van der Waals surface area contributed by atoms with Gasteiger partial charge in [0.2, 0.25) is 10.0 Å². The van der Waals surface area contributed by atoms with Gasteiger partial charge in [0.15, 0.2) is 0 Å². The molecule has 2 aromatic carbocycles. The number of fused-ring (bicyclic) bond motifs is 1. The van der Waals surface area contributed by atoms with Crippen LogP contribution in [0.1, 0.15) is 19.8 Å². The van der Waals surface area contributed by atoms with Crippen molar-refractivity contribution >= 4 is 32.4 Å². The summed E-state index contributed by atoms with van der Waals surface area (Å²) in [6.45, 7) is 2.47. The number of hydrogen-bond acceptors (Lipinski definition) is 2. The first kappa shape index (κ1) is 16.3. The molecule has 1 unspecified atom stereocenters. The molecule has 0 fully saturated rings. The molecule has 5 heteroatoms. The number of rotatable bonds is 7. The van der Waals surface area contributed by atoms with Crippen LogP contribution in [-0.4, -0.2) is 20.8 Å². The molecule has 0 heterocycles. The molecule has 0 saturated heterocycles. The van der Waals surface area contributed by atoms with Crippen LogP contribution in [0, 0.1) is 5.92 Å². The van der Waals surface area contributed by atoms with Crippen molar-refractivity contribution in [2.75, 3.05) is 12.4 Å². The minimum absolute atomic E-state index is 0.271. The molecule has 114 valence electrons. The van der Waals surface area contributed by atoms with Gasteiger partial charge in [-0.25, -0.2) is 13.1 Å². The van der Waals surface area contributed by atoms with Gasteiger partial charge in [0.1, 0.15) is 0 Å². The first-order valence-electron chi connectivity index (χ1n) is 7.12. The zero-order valence-electron chi connectivity index (χ0n) is 12.0. The van der Waals surface area contributed by atoms with E-state index in [1.807, 2.05) is 37.3 Å². The van der Waals surface area contributed by atoms with Crippen molar-refractivity contribution < 1.29 is 8.42 Å². The Labute approximate surface area is 131 Å². The monoisotopic (exact) mass is 325 g/mol. The van der Waals surface area contributed by atoms with Crippen molar-refractivity contribution in [2.45, 2.75) is 24.7 Å². The first-order chi connectivity index (χ1) is 10.1. The zero-order chi connectivity index (χ0) is 15.3. The third-order valence-corrected chi connectivity index (χ3v) is 5.40. The summed E-state index contributed by atoms with van der Waals surface area (Å²) in [5, 5.41) is 1.67. The highest BCUT2D eigenvalue weighted by molar-refractivity contribution is 7.89. The summed E-state index contributed by atoms with van der Waals surface area (Å²) < 4.78 is 27.8. The van der Waals surface area contributed by atoms with E-state index >= 15 is 0 Å². The standard InChI is InChI=1S/C16H20ClNO2S/c1-2-13(10-11-17)12-18-21(19,20)16-9-5-7-14-6-3-4-8-15(14)16/h3-9,13,18H,2,10-12H2,1H3. The fraction of sp³-hybridized carbons (Fsp3) is 0.375. The highest BCUT2D eigenvalue weighted by atomic mass is 35.5. The van der Waals surface area contributed by atoms with Gasteiger partial charge in [0.05, 0.1) is 4.90 Å². The van der Waals surface area contributed by atoms with E-state index in [4.69, 9.17) is 11.6 Å². The molecule has 0 aliphatic heterocycles. The molecular weight excluding hydrogens is 306 g/mol. The van der Waals surface area contributed by atoms with E-state index in [0.29, 0.717) is 17.3 Å². The molecule has 0 aromatic heterocycles. The van der Waals surface area contributed by atoms with E-state index in [0.717, 1.165) is 23.6 Å². The quantitative estimate of drug-likeness (QED) is 0.788.